The van der Waals surface area contributed by atoms with Crippen LogP contribution in [-0.2, 0) is 4.79 Å². The molecular weight excluding hydrogens is 314 g/mol. The molecule has 0 aromatic heterocycles. The maximum atomic E-state index is 12.3. The van der Waals surface area contributed by atoms with Gasteiger partial charge in [-0.2, -0.15) is 0 Å². The number of halogens is 1. The standard InChI is InChI=1S/C17H24ClN3O2/c1-13(22)19-15-5-3-14(4-6-15)17(23)20-16-7-11-21(12-8-16)10-2-9-18/h3-6,16H,2,7-12H2,1H3,(H,19,22)(H,20,23). The van der Waals surface area contributed by atoms with Crippen LogP contribution in [0.5, 0.6) is 0 Å². The van der Waals surface area contributed by atoms with Gasteiger partial charge in [0.05, 0.1) is 0 Å². The number of amides is 2. The molecule has 2 N–H and O–H groups in total. The number of nitrogens with zero attached hydrogens (tertiary/aromatic N) is 1. The van der Waals surface area contributed by atoms with Crippen molar-refractivity contribution in [2.24, 2.45) is 0 Å². The van der Waals surface area contributed by atoms with Crippen molar-refractivity contribution in [1.82, 2.24) is 10.2 Å². The van der Waals surface area contributed by atoms with Crippen LogP contribution in [0.3, 0.4) is 0 Å². The second kappa shape index (κ2) is 8.89. The van der Waals surface area contributed by atoms with E-state index < -0.39 is 0 Å². The third-order valence-electron chi connectivity index (χ3n) is 4.00. The van der Waals surface area contributed by atoms with Crippen LogP contribution in [-0.4, -0.2) is 48.3 Å². The molecule has 6 heteroatoms. The molecule has 0 bridgehead atoms. The molecule has 1 heterocycles. The summed E-state index contributed by atoms with van der Waals surface area (Å²) in [5, 5.41) is 5.78. The normalized spacial score (nSPS) is 16.1. The first-order valence-electron chi connectivity index (χ1n) is 8.05. The van der Waals surface area contributed by atoms with Gasteiger partial charge >= 0.3 is 0 Å². The summed E-state index contributed by atoms with van der Waals surface area (Å²) in [6.07, 6.45) is 2.95. The number of benzene rings is 1. The Balaban J connectivity index is 1.79. The summed E-state index contributed by atoms with van der Waals surface area (Å²) >= 11 is 5.72. The van der Waals surface area contributed by atoms with Gasteiger partial charge in [0, 0.05) is 43.2 Å². The summed E-state index contributed by atoms with van der Waals surface area (Å²) in [4.78, 5) is 25.7. The van der Waals surface area contributed by atoms with Gasteiger partial charge in [-0.05, 0) is 50.1 Å². The van der Waals surface area contributed by atoms with Crippen molar-refractivity contribution in [3.05, 3.63) is 29.8 Å². The zero-order valence-electron chi connectivity index (χ0n) is 13.5. The second-order valence-corrected chi connectivity index (χ2v) is 6.27. The first-order chi connectivity index (χ1) is 11.1. The molecule has 1 aliphatic rings. The predicted octanol–water partition coefficient (Wildman–Crippen LogP) is 2.47. The minimum atomic E-state index is -0.122. The number of nitrogens with one attached hydrogen (secondary N) is 2. The Morgan fingerprint density at radius 2 is 1.87 bits per heavy atom. The van der Waals surface area contributed by atoms with Crippen molar-refractivity contribution in [3.8, 4) is 0 Å². The van der Waals surface area contributed by atoms with Crippen molar-refractivity contribution in [2.75, 3.05) is 30.8 Å². The Kier molecular flexibility index (Phi) is 6.86. The highest BCUT2D eigenvalue weighted by Crippen LogP contribution is 2.13. The lowest BCUT2D eigenvalue weighted by molar-refractivity contribution is -0.114. The molecule has 0 unspecified atom stereocenters. The van der Waals surface area contributed by atoms with E-state index in [1.807, 2.05) is 0 Å². The first kappa shape index (κ1) is 17.8. The van der Waals surface area contributed by atoms with E-state index in [1.54, 1.807) is 24.3 Å². The van der Waals surface area contributed by atoms with Crippen molar-refractivity contribution >= 4 is 29.1 Å². The second-order valence-electron chi connectivity index (χ2n) is 5.89. The monoisotopic (exact) mass is 337 g/mol. The van der Waals surface area contributed by atoms with Gasteiger partial charge in [-0.3, -0.25) is 9.59 Å². The third kappa shape index (κ3) is 5.84. The van der Waals surface area contributed by atoms with E-state index in [-0.39, 0.29) is 17.9 Å². The smallest absolute Gasteiger partial charge is 0.251 e. The van der Waals surface area contributed by atoms with Crippen LogP contribution in [0.25, 0.3) is 0 Å². The van der Waals surface area contributed by atoms with E-state index in [0.717, 1.165) is 38.9 Å². The minimum Gasteiger partial charge on any atom is -0.349 e. The number of hydrogen-bond acceptors (Lipinski definition) is 3. The van der Waals surface area contributed by atoms with Crippen molar-refractivity contribution in [3.63, 3.8) is 0 Å². The zero-order chi connectivity index (χ0) is 16.7. The lowest BCUT2D eigenvalue weighted by Crippen LogP contribution is -2.44. The van der Waals surface area contributed by atoms with E-state index in [1.165, 1.54) is 6.92 Å². The number of carbonyl (C=O) groups excluding carboxylic acids is 2. The number of rotatable bonds is 6. The van der Waals surface area contributed by atoms with Gasteiger partial charge in [0.2, 0.25) is 5.91 Å². The summed E-state index contributed by atoms with van der Waals surface area (Å²) in [7, 11) is 0. The van der Waals surface area contributed by atoms with Crippen molar-refractivity contribution < 1.29 is 9.59 Å². The van der Waals surface area contributed by atoms with E-state index in [2.05, 4.69) is 15.5 Å². The summed E-state index contributed by atoms with van der Waals surface area (Å²) in [6, 6.07) is 7.17. The van der Waals surface area contributed by atoms with Crippen molar-refractivity contribution in [1.29, 1.82) is 0 Å². The SMILES string of the molecule is CC(=O)Nc1ccc(C(=O)NC2CCN(CCCCl)CC2)cc1. The maximum absolute atomic E-state index is 12.3. The van der Waals surface area contributed by atoms with Crippen molar-refractivity contribution in [2.45, 2.75) is 32.2 Å². The number of alkyl halides is 1. The van der Waals surface area contributed by atoms with Gasteiger partial charge in [-0.25, -0.2) is 0 Å². The molecule has 2 amide bonds. The Bertz CT molecular complexity index is 525. The highest BCUT2D eigenvalue weighted by atomic mass is 35.5. The molecule has 23 heavy (non-hydrogen) atoms. The fourth-order valence-corrected chi connectivity index (χ4v) is 2.88. The molecule has 5 nitrogen and oxygen atoms in total. The predicted molar refractivity (Wildman–Crippen MR) is 93.0 cm³/mol. The number of hydrogen-bond donors (Lipinski definition) is 2. The topological polar surface area (TPSA) is 61.4 Å². The van der Waals surface area contributed by atoms with E-state index in [0.29, 0.717) is 17.1 Å². The molecule has 1 aromatic carbocycles. The summed E-state index contributed by atoms with van der Waals surface area (Å²) in [5.74, 6) is 0.521. The Morgan fingerprint density at radius 3 is 2.43 bits per heavy atom. The molecular formula is C17H24ClN3O2. The molecule has 0 atom stereocenters. The Hall–Kier alpha value is -1.59. The molecule has 1 saturated heterocycles. The quantitative estimate of drug-likeness (QED) is 0.784. The lowest BCUT2D eigenvalue weighted by Gasteiger charge is -2.32. The van der Waals surface area contributed by atoms with E-state index in [4.69, 9.17) is 11.6 Å². The van der Waals surface area contributed by atoms with Crippen LogP contribution >= 0.6 is 11.6 Å². The van der Waals surface area contributed by atoms with E-state index >= 15 is 0 Å². The van der Waals surface area contributed by atoms with Crippen LogP contribution in [0.15, 0.2) is 24.3 Å². The average Bonchev–Trinajstić information content (AvgIpc) is 2.54. The average molecular weight is 338 g/mol. The molecule has 2 rings (SSSR count). The van der Waals surface area contributed by atoms with Crippen LogP contribution in [0.4, 0.5) is 5.69 Å². The van der Waals surface area contributed by atoms with E-state index in [9.17, 15) is 9.59 Å². The van der Waals surface area contributed by atoms with Crippen LogP contribution in [0, 0.1) is 0 Å². The fourth-order valence-electron chi connectivity index (χ4n) is 2.76. The minimum absolute atomic E-state index is 0.0569. The lowest BCUT2D eigenvalue weighted by atomic mass is 10.0. The number of likely N-dealkylation sites (tertiary alicyclic amines) is 1. The van der Waals surface area contributed by atoms with Gasteiger partial charge in [0.1, 0.15) is 0 Å². The fraction of sp³-hybridized carbons (Fsp3) is 0.529. The van der Waals surface area contributed by atoms with Crippen LogP contribution in [0.1, 0.15) is 36.5 Å². The maximum Gasteiger partial charge on any atom is 0.251 e. The highest BCUT2D eigenvalue weighted by Gasteiger charge is 2.20. The number of piperidine rings is 1. The Morgan fingerprint density at radius 1 is 1.22 bits per heavy atom. The molecule has 0 aliphatic carbocycles. The largest absolute Gasteiger partial charge is 0.349 e. The zero-order valence-corrected chi connectivity index (χ0v) is 14.2. The van der Waals surface area contributed by atoms with Gasteiger partial charge in [-0.1, -0.05) is 0 Å². The van der Waals surface area contributed by atoms with Gasteiger partial charge in [-0.15, -0.1) is 11.6 Å². The molecule has 126 valence electrons. The molecule has 0 saturated carbocycles. The third-order valence-corrected chi connectivity index (χ3v) is 4.27. The van der Waals surface area contributed by atoms with Crippen LogP contribution in [0.2, 0.25) is 0 Å². The molecule has 0 radical (unpaired) electrons. The summed E-state index contributed by atoms with van der Waals surface area (Å²) in [5.41, 5.74) is 1.31. The number of carbonyl (C=O) groups is 2. The van der Waals surface area contributed by atoms with Crippen LogP contribution < -0.4 is 10.6 Å². The summed E-state index contributed by atoms with van der Waals surface area (Å²) in [6.45, 7) is 4.50. The molecule has 1 aliphatic heterocycles. The van der Waals surface area contributed by atoms with Gasteiger partial charge < -0.3 is 15.5 Å². The number of anilines is 1. The molecule has 1 fully saturated rings. The molecule has 1 aromatic rings. The van der Waals surface area contributed by atoms with Gasteiger partial charge in [0.15, 0.2) is 0 Å². The highest BCUT2D eigenvalue weighted by molar-refractivity contribution is 6.17. The Labute approximate surface area is 142 Å². The summed E-state index contributed by atoms with van der Waals surface area (Å²) < 4.78 is 0. The molecule has 0 spiro atoms. The first-order valence-corrected chi connectivity index (χ1v) is 8.59. The van der Waals surface area contributed by atoms with Gasteiger partial charge in [0.25, 0.3) is 5.91 Å².